The van der Waals surface area contributed by atoms with Crippen LogP contribution in [0.1, 0.15) is 0 Å². The van der Waals surface area contributed by atoms with E-state index in [4.69, 9.17) is 0 Å². The van der Waals surface area contributed by atoms with Gasteiger partial charge in [-0.3, -0.25) is 0 Å². The van der Waals surface area contributed by atoms with Crippen LogP contribution in [-0.4, -0.2) is 28.2 Å². The SMILES string of the molecule is C[Si](C)(C)C1=CC=[As]C=C1. The fraction of sp³-hybridized carbons (Fsp3) is 0.375. The second kappa shape index (κ2) is 3.02. The third-order valence-electron chi connectivity index (χ3n) is 1.55. The van der Waals surface area contributed by atoms with Crippen LogP contribution in [0.5, 0.6) is 0 Å². The fourth-order valence-electron chi connectivity index (χ4n) is 0.852. The number of hydrogen-bond acceptors (Lipinski definition) is 0. The normalized spacial score (nSPS) is 18.9. The first-order chi connectivity index (χ1) is 4.61. The summed E-state index contributed by atoms with van der Waals surface area (Å²) in [4.78, 5) is 4.67. The first-order valence-corrected chi connectivity index (χ1v) is 9.18. The van der Waals surface area contributed by atoms with Gasteiger partial charge in [0.1, 0.15) is 0 Å². The Labute approximate surface area is 70.3 Å². The molecule has 0 aromatic heterocycles. The topological polar surface area (TPSA) is 0 Å². The molecule has 10 heavy (non-hydrogen) atoms. The van der Waals surface area contributed by atoms with Crippen LogP contribution in [0, 0.1) is 0 Å². The summed E-state index contributed by atoms with van der Waals surface area (Å²) in [6, 6.07) is 0. The maximum atomic E-state index is 2.39. The molecular weight excluding hydrogens is 199 g/mol. The van der Waals surface area contributed by atoms with Crippen LogP contribution in [0.25, 0.3) is 0 Å². The molecule has 0 aromatic rings. The molecule has 0 nitrogen and oxygen atoms in total. The van der Waals surface area contributed by atoms with Crippen LogP contribution in [-0.2, 0) is 0 Å². The molecule has 0 saturated heterocycles. The summed E-state index contributed by atoms with van der Waals surface area (Å²) >= 11 is 0.404. The molecule has 54 valence electrons. The Balaban J connectivity index is 2.85. The van der Waals surface area contributed by atoms with Crippen molar-refractivity contribution in [3.63, 3.8) is 0 Å². The summed E-state index contributed by atoms with van der Waals surface area (Å²) in [6.07, 6.45) is 4.65. The molecule has 0 aromatic carbocycles. The molecule has 1 heterocycles. The Morgan fingerprint density at radius 3 is 2.30 bits per heavy atom. The van der Waals surface area contributed by atoms with Crippen LogP contribution in [0.4, 0.5) is 0 Å². The standard InChI is InChI=1S/C8H13AsSi/c1-10(2,3)8-4-6-9-7-5-8/h4-7H,1-3H3. The number of hydrogen-bond donors (Lipinski definition) is 0. The van der Waals surface area contributed by atoms with Gasteiger partial charge in [0.25, 0.3) is 0 Å². The molecule has 1 rings (SSSR count). The third-order valence-corrected chi connectivity index (χ3v) is 4.96. The molecule has 0 aliphatic carbocycles. The summed E-state index contributed by atoms with van der Waals surface area (Å²) in [5.41, 5.74) is 0. The van der Waals surface area contributed by atoms with E-state index in [9.17, 15) is 0 Å². The van der Waals surface area contributed by atoms with Crippen molar-refractivity contribution in [3.8, 4) is 0 Å². The Kier molecular flexibility index (Phi) is 2.48. The summed E-state index contributed by atoms with van der Waals surface area (Å²) in [5, 5.41) is 1.59. The third kappa shape index (κ3) is 2.07. The molecule has 1 aliphatic heterocycles. The Hall–Kier alpha value is 0.125. The molecule has 0 unspecified atom stereocenters. The van der Waals surface area contributed by atoms with Crippen LogP contribution in [0.15, 0.2) is 22.2 Å². The summed E-state index contributed by atoms with van der Waals surface area (Å²) in [5.74, 6) is 0. The number of allylic oxidation sites excluding steroid dienone is 3. The molecule has 0 N–H and O–H groups in total. The van der Waals surface area contributed by atoms with Gasteiger partial charge in [-0.25, -0.2) is 0 Å². The van der Waals surface area contributed by atoms with Gasteiger partial charge in [0.05, 0.1) is 0 Å². The van der Waals surface area contributed by atoms with E-state index in [2.05, 4.69) is 41.5 Å². The van der Waals surface area contributed by atoms with Gasteiger partial charge in [0.15, 0.2) is 0 Å². The zero-order chi connectivity index (χ0) is 7.61. The molecule has 0 bridgehead atoms. The van der Waals surface area contributed by atoms with Gasteiger partial charge in [-0.15, -0.1) is 0 Å². The molecule has 0 fully saturated rings. The predicted octanol–water partition coefficient (Wildman–Crippen LogP) is 1.82. The van der Waals surface area contributed by atoms with Crippen molar-refractivity contribution < 1.29 is 0 Å². The Morgan fingerprint density at radius 1 is 1.30 bits per heavy atom. The van der Waals surface area contributed by atoms with Crippen molar-refractivity contribution in [2.24, 2.45) is 0 Å². The Bertz CT molecular complexity index is 206. The molecular formula is C8H13AsSi. The molecule has 0 saturated carbocycles. The van der Waals surface area contributed by atoms with Gasteiger partial charge in [-0.2, -0.15) is 0 Å². The molecule has 0 atom stereocenters. The van der Waals surface area contributed by atoms with Crippen molar-refractivity contribution in [2.75, 3.05) is 0 Å². The van der Waals surface area contributed by atoms with E-state index in [1.54, 1.807) is 5.20 Å². The van der Waals surface area contributed by atoms with Crippen LogP contribution < -0.4 is 0 Å². The summed E-state index contributed by atoms with van der Waals surface area (Å²) < 4.78 is 0. The van der Waals surface area contributed by atoms with E-state index in [1.807, 2.05) is 0 Å². The minimum atomic E-state index is -0.998. The molecule has 1 aliphatic rings. The zero-order valence-corrected chi connectivity index (χ0v) is 9.63. The molecule has 0 amide bonds. The van der Waals surface area contributed by atoms with Crippen LogP contribution >= 0.6 is 0 Å². The maximum absolute atomic E-state index is 2.39. The molecule has 2 heteroatoms. The predicted molar refractivity (Wildman–Crippen MR) is 52.4 cm³/mol. The van der Waals surface area contributed by atoms with Crippen molar-refractivity contribution in [1.82, 2.24) is 0 Å². The van der Waals surface area contributed by atoms with Gasteiger partial charge in [0.2, 0.25) is 0 Å². The average molecular weight is 212 g/mol. The minimum absolute atomic E-state index is 0.404. The zero-order valence-electron chi connectivity index (χ0n) is 6.76. The molecule has 0 radical (unpaired) electrons. The van der Waals surface area contributed by atoms with Gasteiger partial charge >= 0.3 is 70.0 Å². The monoisotopic (exact) mass is 212 g/mol. The van der Waals surface area contributed by atoms with Crippen molar-refractivity contribution in [1.29, 1.82) is 0 Å². The summed E-state index contributed by atoms with van der Waals surface area (Å²) in [6.45, 7) is 7.16. The molecule has 0 spiro atoms. The van der Waals surface area contributed by atoms with E-state index >= 15 is 0 Å². The fourth-order valence-corrected chi connectivity index (χ4v) is 3.87. The van der Waals surface area contributed by atoms with E-state index in [-0.39, 0.29) is 0 Å². The van der Waals surface area contributed by atoms with Crippen molar-refractivity contribution in [2.45, 2.75) is 19.6 Å². The second-order valence-corrected chi connectivity index (χ2v) is 10.4. The van der Waals surface area contributed by atoms with Gasteiger partial charge in [0, 0.05) is 0 Å². The quantitative estimate of drug-likeness (QED) is 0.582. The van der Waals surface area contributed by atoms with Crippen molar-refractivity contribution >= 4 is 28.2 Å². The van der Waals surface area contributed by atoms with E-state index < -0.39 is 8.07 Å². The number of rotatable bonds is 1. The van der Waals surface area contributed by atoms with Gasteiger partial charge in [-0.05, 0) is 0 Å². The Morgan fingerprint density at radius 2 is 2.00 bits per heavy atom. The van der Waals surface area contributed by atoms with E-state index in [0.717, 1.165) is 0 Å². The first kappa shape index (κ1) is 8.22. The average Bonchev–Trinajstić information content (AvgIpc) is 1.88. The van der Waals surface area contributed by atoms with Gasteiger partial charge < -0.3 is 0 Å². The van der Waals surface area contributed by atoms with Crippen molar-refractivity contribution in [3.05, 3.63) is 22.2 Å². The van der Waals surface area contributed by atoms with Crippen LogP contribution in [0.2, 0.25) is 19.6 Å². The summed E-state index contributed by atoms with van der Waals surface area (Å²) in [7, 11) is -0.998. The second-order valence-electron chi connectivity index (χ2n) is 3.49. The van der Waals surface area contributed by atoms with E-state index in [1.165, 1.54) is 0 Å². The first-order valence-electron chi connectivity index (χ1n) is 3.51. The van der Waals surface area contributed by atoms with E-state index in [0.29, 0.717) is 15.3 Å². The van der Waals surface area contributed by atoms with Crippen LogP contribution in [0.3, 0.4) is 0 Å². The van der Waals surface area contributed by atoms with Gasteiger partial charge in [-0.1, -0.05) is 0 Å².